The fourth-order valence-electron chi connectivity index (χ4n) is 4.22. The topological polar surface area (TPSA) is 122 Å². The van der Waals surface area contributed by atoms with Crippen LogP contribution < -0.4 is 10.6 Å². The lowest BCUT2D eigenvalue weighted by atomic mass is 10.1. The van der Waals surface area contributed by atoms with Crippen LogP contribution in [-0.4, -0.2) is 47.1 Å². The van der Waals surface area contributed by atoms with Crippen LogP contribution in [0.3, 0.4) is 0 Å². The second-order valence-corrected chi connectivity index (χ2v) is 9.23. The van der Waals surface area contributed by atoms with Crippen molar-refractivity contribution < 1.29 is 27.5 Å². The quantitative estimate of drug-likeness (QED) is 0.184. The molecule has 2 aromatic carbocycles. The van der Waals surface area contributed by atoms with Gasteiger partial charge >= 0.3 is 6.18 Å². The number of carbonyl (C=O) groups is 2. The average molecular weight is 587 g/mol. The van der Waals surface area contributed by atoms with Crippen LogP contribution in [0.2, 0.25) is 0 Å². The first-order chi connectivity index (χ1) is 20.6. The molecule has 4 rings (SSSR count). The van der Waals surface area contributed by atoms with Crippen molar-refractivity contribution in [2.45, 2.75) is 19.6 Å². The van der Waals surface area contributed by atoms with E-state index in [1.165, 1.54) is 31.6 Å². The maximum Gasteiger partial charge on any atom is 0.416 e. The smallest absolute Gasteiger partial charge is 0.383 e. The summed E-state index contributed by atoms with van der Waals surface area (Å²) in [7, 11) is 2.96. The number of aromatic nitrogens is 3. The first kappa shape index (κ1) is 30.5. The van der Waals surface area contributed by atoms with Crippen molar-refractivity contribution in [3.8, 4) is 17.9 Å². The number of rotatable bonds is 7. The Labute approximate surface area is 245 Å². The molecule has 0 fully saturated rings. The molecule has 0 unspecified atom stereocenters. The minimum absolute atomic E-state index is 0.143. The number of methoxy groups -OCH3 is 1. The number of nitriles is 1. The summed E-state index contributed by atoms with van der Waals surface area (Å²) < 4.78 is 46.4. The molecule has 2 heterocycles. The van der Waals surface area contributed by atoms with Crippen LogP contribution in [0.1, 0.15) is 38.3 Å². The summed E-state index contributed by atoms with van der Waals surface area (Å²) in [6.07, 6.45) is -0.194. The zero-order chi connectivity index (χ0) is 31.1. The Balaban J connectivity index is 1.78. The number of nitrogens with zero attached hydrogens (tertiary/aromatic N) is 4. The maximum atomic E-state index is 13.1. The number of alkyl halides is 3. The zero-order valence-corrected chi connectivity index (χ0v) is 23.3. The second-order valence-electron chi connectivity index (χ2n) is 9.23. The fraction of sp³-hybridized carbons (Fsp3) is 0.194. The Kier molecular flexibility index (Phi) is 9.23. The second kappa shape index (κ2) is 13.0. The summed E-state index contributed by atoms with van der Waals surface area (Å²) in [5.74, 6) is 4.92. The Morgan fingerprint density at radius 3 is 2.65 bits per heavy atom. The lowest BCUT2D eigenvalue weighted by molar-refractivity contribution is -0.137. The molecule has 0 saturated heterocycles. The molecular formula is C31H25F3N6O3. The number of hydrogen-bond donors (Lipinski definition) is 2. The Hall–Kier alpha value is -5.46. The summed E-state index contributed by atoms with van der Waals surface area (Å²) in [4.78, 5) is 33.6. The lowest BCUT2D eigenvalue weighted by Crippen LogP contribution is -2.19. The van der Waals surface area contributed by atoms with Crippen molar-refractivity contribution in [1.82, 2.24) is 19.9 Å². The molecule has 218 valence electrons. The van der Waals surface area contributed by atoms with Gasteiger partial charge in [-0.25, -0.2) is 9.97 Å². The molecule has 0 saturated carbocycles. The summed E-state index contributed by atoms with van der Waals surface area (Å²) in [5, 5.41) is 15.3. The average Bonchev–Trinajstić information content (AvgIpc) is 3.29. The van der Waals surface area contributed by atoms with Gasteiger partial charge in [0.25, 0.3) is 11.8 Å². The molecule has 0 aliphatic rings. The highest BCUT2D eigenvalue weighted by Crippen LogP contribution is 2.30. The number of benzene rings is 2. The van der Waals surface area contributed by atoms with E-state index >= 15 is 0 Å². The van der Waals surface area contributed by atoms with Gasteiger partial charge in [0.1, 0.15) is 23.6 Å². The van der Waals surface area contributed by atoms with Gasteiger partial charge in [0, 0.05) is 43.7 Å². The van der Waals surface area contributed by atoms with Crippen LogP contribution in [0.15, 0.2) is 60.6 Å². The minimum Gasteiger partial charge on any atom is -0.383 e. The molecule has 12 heteroatoms. The third kappa shape index (κ3) is 6.89. The SMILES string of the molecule is CNC(=O)C(C#N)=Cc1c(C#Cc2cc(NC(=O)c3cccc(C(F)(F)F)c3)ccc2C)c2cncnc2n1CCOC. The molecule has 0 spiro atoms. The molecule has 0 aliphatic carbocycles. The number of carbonyl (C=O) groups excluding carboxylic acids is 2. The normalized spacial score (nSPS) is 11.4. The first-order valence-corrected chi connectivity index (χ1v) is 12.8. The Morgan fingerprint density at radius 2 is 1.95 bits per heavy atom. The van der Waals surface area contributed by atoms with Crippen LogP contribution in [0.4, 0.5) is 18.9 Å². The van der Waals surface area contributed by atoms with E-state index in [1.807, 2.05) is 13.0 Å². The van der Waals surface area contributed by atoms with E-state index < -0.39 is 23.6 Å². The molecule has 2 N–H and O–H groups in total. The molecular weight excluding hydrogens is 561 g/mol. The number of halogens is 3. The number of ether oxygens (including phenoxy) is 1. The van der Waals surface area contributed by atoms with Crippen molar-refractivity contribution >= 4 is 34.6 Å². The van der Waals surface area contributed by atoms with Gasteiger partial charge in [0.2, 0.25) is 0 Å². The number of amides is 2. The molecule has 4 aromatic rings. The molecule has 9 nitrogen and oxygen atoms in total. The van der Waals surface area contributed by atoms with Gasteiger partial charge in [-0.2, -0.15) is 18.4 Å². The van der Waals surface area contributed by atoms with E-state index in [-0.39, 0.29) is 11.1 Å². The largest absolute Gasteiger partial charge is 0.416 e. The number of anilines is 1. The number of aryl methyl sites for hydroxylation is 1. The van der Waals surface area contributed by atoms with E-state index in [4.69, 9.17) is 4.74 Å². The standard InChI is InChI=1S/C31H25F3N6O3/c1-19-7-9-24(39-30(42)21-5-4-6-23(13-21)31(32,33)34)14-20(19)8-10-25-26-17-37-18-38-28(26)40(11-12-43-3)27(25)15-22(16-35)29(41)36-2/h4-7,9,13-15,17-18H,11-12H2,1-3H3,(H,36,41)(H,39,42). The van der Waals surface area contributed by atoms with Crippen molar-refractivity contribution in [2.24, 2.45) is 0 Å². The maximum absolute atomic E-state index is 13.1. The molecule has 2 aromatic heterocycles. The molecule has 0 aliphatic heterocycles. The van der Waals surface area contributed by atoms with Gasteiger partial charge in [-0.05, 0) is 48.9 Å². The third-order valence-corrected chi connectivity index (χ3v) is 6.43. The molecule has 2 amide bonds. The number of likely N-dealkylation sites (N-methyl/N-ethyl adjacent to an activating group) is 1. The highest BCUT2D eigenvalue weighted by atomic mass is 19.4. The molecule has 0 bridgehead atoms. The first-order valence-electron chi connectivity index (χ1n) is 12.8. The van der Waals surface area contributed by atoms with Crippen molar-refractivity contribution in [1.29, 1.82) is 5.26 Å². The van der Waals surface area contributed by atoms with Crippen molar-refractivity contribution in [3.05, 3.63) is 94.1 Å². The monoisotopic (exact) mass is 586 g/mol. The Bertz CT molecular complexity index is 1840. The van der Waals surface area contributed by atoms with Gasteiger partial charge in [0.15, 0.2) is 0 Å². The number of nitrogens with one attached hydrogen (secondary N) is 2. The van der Waals surface area contributed by atoms with Crippen LogP contribution in [0.5, 0.6) is 0 Å². The van der Waals surface area contributed by atoms with E-state index in [2.05, 4.69) is 32.4 Å². The van der Waals surface area contributed by atoms with E-state index in [9.17, 15) is 28.0 Å². The molecule has 0 atom stereocenters. The number of hydrogen-bond acceptors (Lipinski definition) is 6. The van der Waals surface area contributed by atoms with Crippen LogP contribution in [-0.2, 0) is 22.3 Å². The number of fused-ring (bicyclic) bond motifs is 1. The fourth-order valence-corrected chi connectivity index (χ4v) is 4.22. The predicted molar refractivity (Wildman–Crippen MR) is 154 cm³/mol. The van der Waals surface area contributed by atoms with E-state index in [0.717, 1.165) is 17.7 Å². The van der Waals surface area contributed by atoms with E-state index in [0.29, 0.717) is 46.7 Å². The van der Waals surface area contributed by atoms with Crippen LogP contribution in [0, 0.1) is 30.1 Å². The minimum atomic E-state index is -4.58. The highest BCUT2D eigenvalue weighted by molar-refractivity contribution is 6.04. The predicted octanol–water partition coefficient (Wildman–Crippen LogP) is 4.71. The summed E-state index contributed by atoms with van der Waals surface area (Å²) in [5.41, 5.74) is 1.84. The zero-order valence-electron chi connectivity index (χ0n) is 23.3. The lowest BCUT2D eigenvalue weighted by Gasteiger charge is -2.10. The summed E-state index contributed by atoms with van der Waals surface area (Å²) in [6.45, 7) is 2.48. The summed E-state index contributed by atoms with van der Waals surface area (Å²) in [6, 6.07) is 11.0. The van der Waals surface area contributed by atoms with Crippen molar-refractivity contribution in [2.75, 3.05) is 26.1 Å². The van der Waals surface area contributed by atoms with Gasteiger partial charge in [-0.1, -0.05) is 24.0 Å². The third-order valence-electron chi connectivity index (χ3n) is 6.43. The van der Waals surface area contributed by atoms with Gasteiger partial charge < -0.3 is 19.9 Å². The summed E-state index contributed by atoms with van der Waals surface area (Å²) >= 11 is 0. The van der Waals surface area contributed by atoms with Crippen LogP contribution in [0.25, 0.3) is 17.1 Å². The van der Waals surface area contributed by atoms with Gasteiger partial charge in [0.05, 0.1) is 28.8 Å². The molecule has 43 heavy (non-hydrogen) atoms. The van der Waals surface area contributed by atoms with Crippen molar-refractivity contribution in [3.63, 3.8) is 0 Å². The van der Waals surface area contributed by atoms with Crippen LogP contribution >= 0.6 is 0 Å². The molecule has 0 radical (unpaired) electrons. The Morgan fingerprint density at radius 1 is 1.16 bits per heavy atom. The van der Waals surface area contributed by atoms with Gasteiger partial charge in [-0.3, -0.25) is 9.59 Å². The highest BCUT2D eigenvalue weighted by Gasteiger charge is 2.31. The van der Waals surface area contributed by atoms with E-state index in [1.54, 1.807) is 36.1 Å². The van der Waals surface area contributed by atoms with Gasteiger partial charge in [-0.15, -0.1) is 0 Å².